The standard InChI is InChI=1S/C11H11Br2F3/c1-2-9(12)5-7-3-4-8(6-10(7)13)11(14,15)16/h3-4,6,9H,2,5H2,1H3. The van der Waals surface area contributed by atoms with Gasteiger partial charge in [-0.2, -0.15) is 13.2 Å². The van der Waals surface area contributed by atoms with Crippen molar-refractivity contribution in [3.63, 3.8) is 0 Å². The van der Waals surface area contributed by atoms with Crippen LogP contribution in [0.4, 0.5) is 13.2 Å². The van der Waals surface area contributed by atoms with Crippen LogP contribution in [0.2, 0.25) is 0 Å². The Hall–Kier alpha value is -0.0300. The summed E-state index contributed by atoms with van der Waals surface area (Å²) in [4.78, 5) is 0.292. The molecule has 0 nitrogen and oxygen atoms in total. The summed E-state index contributed by atoms with van der Waals surface area (Å²) in [7, 11) is 0. The molecule has 1 aromatic rings. The highest BCUT2D eigenvalue weighted by Crippen LogP contribution is 2.32. The molecule has 0 bridgehead atoms. The zero-order valence-corrected chi connectivity index (χ0v) is 11.8. The highest BCUT2D eigenvalue weighted by molar-refractivity contribution is 9.10. The lowest BCUT2D eigenvalue weighted by Crippen LogP contribution is -2.07. The van der Waals surface area contributed by atoms with E-state index in [1.807, 2.05) is 6.92 Å². The molecule has 5 heteroatoms. The molecule has 0 saturated heterocycles. The summed E-state index contributed by atoms with van der Waals surface area (Å²) < 4.78 is 37.7. The summed E-state index contributed by atoms with van der Waals surface area (Å²) >= 11 is 6.64. The van der Waals surface area contributed by atoms with Gasteiger partial charge in [0.25, 0.3) is 0 Å². The van der Waals surface area contributed by atoms with Crippen molar-refractivity contribution in [3.8, 4) is 0 Å². The van der Waals surface area contributed by atoms with E-state index < -0.39 is 11.7 Å². The second-order valence-corrected chi connectivity index (χ2v) is 5.66. The van der Waals surface area contributed by atoms with E-state index in [0.29, 0.717) is 9.30 Å². The van der Waals surface area contributed by atoms with Gasteiger partial charge in [0.2, 0.25) is 0 Å². The Bertz CT molecular complexity index is 361. The maximum absolute atomic E-state index is 12.4. The molecule has 0 saturated carbocycles. The summed E-state index contributed by atoms with van der Waals surface area (Å²) in [6.45, 7) is 2.03. The lowest BCUT2D eigenvalue weighted by molar-refractivity contribution is -0.137. The van der Waals surface area contributed by atoms with Crippen molar-refractivity contribution in [1.29, 1.82) is 0 Å². The van der Waals surface area contributed by atoms with Gasteiger partial charge in [-0.05, 0) is 30.5 Å². The van der Waals surface area contributed by atoms with Gasteiger partial charge >= 0.3 is 6.18 Å². The van der Waals surface area contributed by atoms with Gasteiger partial charge in [0, 0.05) is 9.30 Å². The molecule has 1 unspecified atom stereocenters. The molecule has 0 spiro atoms. The molecule has 0 amide bonds. The summed E-state index contributed by atoms with van der Waals surface area (Å²) in [6, 6.07) is 3.77. The van der Waals surface area contributed by atoms with Crippen LogP contribution >= 0.6 is 31.9 Å². The first-order chi connectivity index (χ1) is 7.34. The number of alkyl halides is 4. The minimum Gasteiger partial charge on any atom is -0.166 e. The lowest BCUT2D eigenvalue weighted by Gasteiger charge is -2.12. The fraction of sp³-hybridized carbons (Fsp3) is 0.455. The van der Waals surface area contributed by atoms with Crippen LogP contribution in [0.5, 0.6) is 0 Å². The quantitative estimate of drug-likeness (QED) is 0.652. The van der Waals surface area contributed by atoms with E-state index in [2.05, 4.69) is 31.9 Å². The van der Waals surface area contributed by atoms with E-state index in [4.69, 9.17) is 0 Å². The average Bonchev–Trinajstić information content (AvgIpc) is 2.19. The molecule has 0 aliphatic heterocycles. The van der Waals surface area contributed by atoms with E-state index in [0.717, 1.165) is 30.5 Å². The Morgan fingerprint density at radius 2 is 1.94 bits per heavy atom. The Morgan fingerprint density at radius 1 is 1.31 bits per heavy atom. The number of hydrogen-bond donors (Lipinski definition) is 0. The van der Waals surface area contributed by atoms with Crippen molar-refractivity contribution < 1.29 is 13.2 Å². The van der Waals surface area contributed by atoms with Crippen LogP contribution in [0.1, 0.15) is 24.5 Å². The molecule has 16 heavy (non-hydrogen) atoms. The fourth-order valence-corrected chi connectivity index (χ4v) is 2.16. The van der Waals surface area contributed by atoms with Crippen LogP contribution < -0.4 is 0 Å². The normalized spacial score (nSPS) is 13.9. The minimum absolute atomic E-state index is 0.292. The molecule has 0 radical (unpaired) electrons. The third-order valence-corrected chi connectivity index (χ3v) is 3.97. The predicted octanol–water partition coefficient (Wildman–Crippen LogP) is 5.18. The topological polar surface area (TPSA) is 0 Å². The maximum atomic E-state index is 12.4. The third-order valence-electron chi connectivity index (χ3n) is 2.26. The van der Waals surface area contributed by atoms with Crippen molar-refractivity contribution in [2.24, 2.45) is 0 Å². The first-order valence-electron chi connectivity index (χ1n) is 4.84. The van der Waals surface area contributed by atoms with Gasteiger partial charge in [0.1, 0.15) is 0 Å². The van der Waals surface area contributed by atoms with Crippen molar-refractivity contribution in [2.75, 3.05) is 0 Å². The SMILES string of the molecule is CCC(Br)Cc1ccc(C(F)(F)F)cc1Br. The van der Waals surface area contributed by atoms with Gasteiger partial charge in [-0.15, -0.1) is 0 Å². The number of hydrogen-bond acceptors (Lipinski definition) is 0. The molecule has 90 valence electrons. The molecule has 1 atom stereocenters. The van der Waals surface area contributed by atoms with Gasteiger partial charge in [0.05, 0.1) is 5.56 Å². The minimum atomic E-state index is -4.28. The molecule has 1 rings (SSSR count). The first kappa shape index (κ1) is 14.0. The van der Waals surface area contributed by atoms with Crippen LogP contribution in [0.3, 0.4) is 0 Å². The molecule has 0 N–H and O–H groups in total. The summed E-state index contributed by atoms with van der Waals surface area (Å²) in [5.41, 5.74) is 0.266. The van der Waals surface area contributed by atoms with Crippen LogP contribution in [-0.4, -0.2) is 4.83 Å². The predicted molar refractivity (Wildman–Crippen MR) is 65.9 cm³/mol. The monoisotopic (exact) mass is 358 g/mol. The molecule has 0 aliphatic carbocycles. The van der Waals surface area contributed by atoms with Gasteiger partial charge in [-0.1, -0.05) is 44.8 Å². The van der Waals surface area contributed by atoms with Crippen molar-refractivity contribution in [1.82, 2.24) is 0 Å². The first-order valence-corrected chi connectivity index (χ1v) is 6.55. The van der Waals surface area contributed by atoms with Crippen LogP contribution in [0.25, 0.3) is 0 Å². The average molecular weight is 360 g/mol. The number of halogens is 5. The second kappa shape index (κ2) is 5.54. The van der Waals surface area contributed by atoms with E-state index >= 15 is 0 Å². The number of rotatable bonds is 3. The van der Waals surface area contributed by atoms with Crippen LogP contribution in [0.15, 0.2) is 22.7 Å². The van der Waals surface area contributed by atoms with Crippen molar-refractivity contribution in [2.45, 2.75) is 30.8 Å². The Morgan fingerprint density at radius 3 is 2.38 bits per heavy atom. The van der Waals surface area contributed by atoms with Gasteiger partial charge < -0.3 is 0 Å². The second-order valence-electron chi connectivity index (χ2n) is 3.51. The highest BCUT2D eigenvalue weighted by atomic mass is 79.9. The largest absolute Gasteiger partial charge is 0.416 e. The molecule has 1 aromatic carbocycles. The third kappa shape index (κ3) is 3.77. The summed E-state index contributed by atoms with van der Waals surface area (Å²) in [5.74, 6) is 0. The van der Waals surface area contributed by atoms with Crippen molar-refractivity contribution >= 4 is 31.9 Å². The van der Waals surface area contributed by atoms with E-state index in [1.165, 1.54) is 6.07 Å². The van der Waals surface area contributed by atoms with Gasteiger partial charge in [0.15, 0.2) is 0 Å². The highest BCUT2D eigenvalue weighted by Gasteiger charge is 2.30. The van der Waals surface area contributed by atoms with Gasteiger partial charge in [-0.25, -0.2) is 0 Å². The fourth-order valence-electron chi connectivity index (χ4n) is 1.27. The van der Waals surface area contributed by atoms with E-state index in [1.54, 1.807) is 0 Å². The van der Waals surface area contributed by atoms with Crippen LogP contribution in [-0.2, 0) is 12.6 Å². The molecular formula is C11H11Br2F3. The summed E-state index contributed by atoms with van der Waals surface area (Å²) in [5, 5.41) is 0. The van der Waals surface area contributed by atoms with Crippen LogP contribution in [0, 0.1) is 0 Å². The number of benzene rings is 1. The molecule has 0 aromatic heterocycles. The molecule has 0 heterocycles. The van der Waals surface area contributed by atoms with E-state index in [9.17, 15) is 13.2 Å². The Labute approximate surface area is 109 Å². The zero-order valence-electron chi connectivity index (χ0n) is 8.61. The summed E-state index contributed by atoms with van der Waals surface area (Å²) in [6.07, 6.45) is -2.62. The maximum Gasteiger partial charge on any atom is 0.416 e. The van der Waals surface area contributed by atoms with Crippen molar-refractivity contribution in [3.05, 3.63) is 33.8 Å². The van der Waals surface area contributed by atoms with Gasteiger partial charge in [-0.3, -0.25) is 0 Å². The molecule has 0 aliphatic rings. The molecule has 0 fully saturated rings. The lowest BCUT2D eigenvalue weighted by atomic mass is 10.1. The Balaban J connectivity index is 2.92. The Kier molecular flexibility index (Phi) is 4.86. The molecular weight excluding hydrogens is 349 g/mol. The smallest absolute Gasteiger partial charge is 0.166 e. The van der Waals surface area contributed by atoms with E-state index in [-0.39, 0.29) is 0 Å². The zero-order chi connectivity index (χ0) is 12.3.